The van der Waals surface area contributed by atoms with Gasteiger partial charge < -0.3 is 25.5 Å². The smallest absolute Gasteiger partial charge is 0.432 e. The first-order valence-corrected chi connectivity index (χ1v) is 4.93. The van der Waals surface area contributed by atoms with Gasteiger partial charge in [0.05, 0.1) is 6.04 Å². The summed E-state index contributed by atoms with van der Waals surface area (Å²) in [5.41, 5.74) is 0.968. The maximum atomic E-state index is 10.9. The number of rotatable bonds is 4. The minimum absolute atomic E-state index is 0.00300. The third-order valence-electron chi connectivity index (χ3n) is 2.26. The van der Waals surface area contributed by atoms with E-state index in [0.717, 1.165) is 6.54 Å². The maximum absolute atomic E-state index is 10.9. The Hall–Kier alpha value is -2.16. The zero-order chi connectivity index (χ0) is 12.4. The standard InChI is InChI=1S/C8H11N5O4/c1-9-8(14)17-3-5-6(4-2-10-4)12-7(11-5)13(15)16/h4,10H,2-3H2,1H3,(H,9,14)(H,11,12). The van der Waals surface area contributed by atoms with Crippen molar-refractivity contribution in [2.75, 3.05) is 13.6 Å². The molecule has 92 valence electrons. The predicted molar refractivity (Wildman–Crippen MR) is 55.2 cm³/mol. The van der Waals surface area contributed by atoms with Crippen molar-refractivity contribution in [1.29, 1.82) is 0 Å². The zero-order valence-corrected chi connectivity index (χ0v) is 9.02. The Morgan fingerprint density at radius 1 is 1.76 bits per heavy atom. The van der Waals surface area contributed by atoms with Gasteiger partial charge in [0, 0.05) is 13.6 Å². The molecule has 3 N–H and O–H groups in total. The van der Waals surface area contributed by atoms with Crippen LogP contribution >= 0.6 is 0 Å². The molecule has 0 aliphatic carbocycles. The molecule has 17 heavy (non-hydrogen) atoms. The second-order valence-corrected chi connectivity index (χ2v) is 3.47. The molecule has 1 saturated heterocycles. The summed E-state index contributed by atoms with van der Waals surface area (Å²) in [6.45, 7) is 0.642. The number of carbonyl (C=O) groups excluding carboxylic acids is 1. The van der Waals surface area contributed by atoms with Crippen LogP contribution in [0.15, 0.2) is 0 Å². The molecule has 1 aliphatic heterocycles. The van der Waals surface area contributed by atoms with Crippen LogP contribution in [0.3, 0.4) is 0 Å². The molecule has 1 fully saturated rings. The Labute approximate surface area is 95.7 Å². The lowest BCUT2D eigenvalue weighted by atomic mass is 10.2. The maximum Gasteiger partial charge on any atom is 0.432 e. The van der Waals surface area contributed by atoms with Crippen molar-refractivity contribution < 1.29 is 14.5 Å². The third-order valence-corrected chi connectivity index (χ3v) is 2.26. The van der Waals surface area contributed by atoms with Crippen molar-refractivity contribution >= 4 is 12.0 Å². The molecule has 1 amide bonds. The van der Waals surface area contributed by atoms with Gasteiger partial charge in [0.1, 0.15) is 0 Å². The van der Waals surface area contributed by atoms with Gasteiger partial charge in [-0.25, -0.2) is 9.78 Å². The summed E-state index contributed by atoms with van der Waals surface area (Å²) in [6, 6.07) is 0.00300. The molecule has 2 heterocycles. The summed E-state index contributed by atoms with van der Waals surface area (Å²) in [5.74, 6) is -0.343. The van der Waals surface area contributed by atoms with Gasteiger partial charge in [0.25, 0.3) is 0 Å². The summed E-state index contributed by atoms with van der Waals surface area (Å²) in [5, 5.41) is 15.8. The molecule has 0 aromatic carbocycles. The summed E-state index contributed by atoms with van der Waals surface area (Å²) < 4.78 is 4.82. The van der Waals surface area contributed by atoms with E-state index in [2.05, 4.69) is 20.6 Å². The number of imidazole rings is 1. The Balaban J connectivity index is 2.13. The minimum Gasteiger partial charge on any atom is -0.441 e. The molecule has 0 saturated carbocycles. The zero-order valence-electron chi connectivity index (χ0n) is 9.02. The molecule has 0 bridgehead atoms. The molecule has 1 unspecified atom stereocenters. The first-order chi connectivity index (χ1) is 8.11. The van der Waals surface area contributed by atoms with E-state index in [-0.39, 0.29) is 18.6 Å². The predicted octanol–water partition coefficient (Wildman–Crippen LogP) is -0.182. The molecule has 2 rings (SSSR count). The number of amides is 1. The highest BCUT2D eigenvalue weighted by Gasteiger charge is 2.34. The lowest BCUT2D eigenvalue weighted by molar-refractivity contribution is -0.393. The number of nitro groups is 1. The van der Waals surface area contributed by atoms with Gasteiger partial charge in [-0.05, 0) is 4.92 Å². The fourth-order valence-corrected chi connectivity index (χ4v) is 1.36. The number of hydrogen-bond acceptors (Lipinski definition) is 6. The van der Waals surface area contributed by atoms with Gasteiger partial charge >= 0.3 is 12.0 Å². The molecular weight excluding hydrogens is 230 g/mol. The van der Waals surface area contributed by atoms with Gasteiger partial charge in [-0.2, -0.15) is 0 Å². The van der Waals surface area contributed by atoms with Gasteiger partial charge in [-0.15, -0.1) is 0 Å². The number of carbonyl (C=O) groups is 1. The normalized spacial score (nSPS) is 17.6. The van der Waals surface area contributed by atoms with Crippen LogP contribution in [0.5, 0.6) is 0 Å². The summed E-state index contributed by atoms with van der Waals surface area (Å²) in [6.07, 6.45) is -0.600. The van der Waals surface area contributed by atoms with E-state index in [0.29, 0.717) is 11.4 Å². The second kappa shape index (κ2) is 4.37. The Kier molecular flexibility index (Phi) is 2.91. The van der Waals surface area contributed by atoms with Crippen molar-refractivity contribution in [2.24, 2.45) is 0 Å². The summed E-state index contributed by atoms with van der Waals surface area (Å²) in [4.78, 5) is 27.2. The fraction of sp³-hybridized carbons (Fsp3) is 0.500. The van der Waals surface area contributed by atoms with Crippen molar-refractivity contribution in [3.8, 4) is 0 Å². The van der Waals surface area contributed by atoms with E-state index in [4.69, 9.17) is 4.74 Å². The highest BCUT2D eigenvalue weighted by molar-refractivity contribution is 5.66. The van der Waals surface area contributed by atoms with Gasteiger partial charge in [0.15, 0.2) is 18.0 Å². The van der Waals surface area contributed by atoms with Crippen LogP contribution in [0.1, 0.15) is 17.4 Å². The first kappa shape index (κ1) is 11.3. The van der Waals surface area contributed by atoms with E-state index >= 15 is 0 Å². The number of aromatic amines is 1. The van der Waals surface area contributed by atoms with Crippen LogP contribution in [0.4, 0.5) is 10.7 Å². The highest BCUT2D eigenvalue weighted by atomic mass is 16.6. The van der Waals surface area contributed by atoms with Crippen molar-refractivity contribution in [1.82, 2.24) is 20.6 Å². The monoisotopic (exact) mass is 241 g/mol. The van der Waals surface area contributed by atoms with E-state index < -0.39 is 11.0 Å². The second-order valence-electron chi connectivity index (χ2n) is 3.47. The number of aromatic nitrogens is 2. The molecule has 1 aliphatic rings. The van der Waals surface area contributed by atoms with Crippen molar-refractivity contribution in [3.05, 3.63) is 21.5 Å². The van der Waals surface area contributed by atoms with E-state index in [1.54, 1.807) is 0 Å². The average Bonchev–Trinajstić information content (AvgIpc) is 3.06. The minimum atomic E-state index is -0.616. The van der Waals surface area contributed by atoms with Gasteiger partial charge in [-0.3, -0.25) is 0 Å². The number of H-pyrrole nitrogens is 1. The topological polar surface area (TPSA) is 132 Å². The van der Waals surface area contributed by atoms with Crippen LogP contribution in [0.2, 0.25) is 0 Å². The number of nitrogens with zero attached hydrogens (tertiary/aromatic N) is 2. The average molecular weight is 241 g/mol. The Morgan fingerprint density at radius 2 is 2.47 bits per heavy atom. The SMILES string of the molecule is CNC(=O)OCc1[nH]c([N+](=O)[O-])nc1C1CN1. The van der Waals surface area contributed by atoms with Crippen LogP contribution in [-0.2, 0) is 11.3 Å². The van der Waals surface area contributed by atoms with Gasteiger partial charge in [0.2, 0.25) is 0 Å². The third kappa shape index (κ3) is 2.50. The number of alkyl carbamates (subject to hydrolysis) is 1. The lowest BCUT2D eigenvalue weighted by Crippen LogP contribution is -2.19. The molecule has 1 atom stereocenters. The largest absolute Gasteiger partial charge is 0.441 e. The van der Waals surface area contributed by atoms with Crippen LogP contribution in [0, 0.1) is 10.1 Å². The lowest BCUT2D eigenvalue weighted by Gasteiger charge is -2.00. The quantitative estimate of drug-likeness (QED) is 0.380. The summed E-state index contributed by atoms with van der Waals surface area (Å²) in [7, 11) is 1.43. The van der Waals surface area contributed by atoms with Gasteiger partial charge in [-0.1, -0.05) is 4.98 Å². The number of nitrogens with one attached hydrogen (secondary N) is 3. The molecular formula is C8H11N5O4. The molecule has 1 aromatic rings. The molecule has 1 aromatic heterocycles. The molecule has 9 heteroatoms. The molecule has 9 nitrogen and oxygen atoms in total. The molecule has 0 radical (unpaired) electrons. The number of hydrogen-bond donors (Lipinski definition) is 3. The Bertz CT molecular complexity index is 453. The van der Waals surface area contributed by atoms with E-state index in [9.17, 15) is 14.9 Å². The number of ether oxygens (including phenoxy) is 1. The Morgan fingerprint density at radius 3 is 3.00 bits per heavy atom. The van der Waals surface area contributed by atoms with Crippen LogP contribution in [0.25, 0.3) is 0 Å². The summed E-state index contributed by atoms with van der Waals surface area (Å²) >= 11 is 0. The van der Waals surface area contributed by atoms with Crippen molar-refractivity contribution in [2.45, 2.75) is 12.6 Å². The van der Waals surface area contributed by atoms with E-state index in [1.165, 1.54) is 7.05 Å². The van der Waals surface area contributed by atoms with Crippen molar-refractivity contribution in [3.63, 3.8) is 0 Å². The van der Waals surface area contributed by atoms with Crippen LogP contribution < -0.4 is 10.6 Å². The fourth-order valence-electron chi connectivity index (χ4n) is 1.36. The first-order valence-electron chi connectivity index (χ1n) is 4.93. The highest BCUT2D eigenvalue weighted by Crippen LogP contribution is 2.25. The van der Waals surface area contributed by atoms with Crippen LogP contribution in [-0.4, -0.2) is 34.6 Å². The molecule has 0 spiro atoms. The van der Waals surface area contributed by atoms with E-state index in [1.807, 2.05) is 0 Å².